The average molecular weight is 339 g/mol. The number of rotatable bonds is 2. The maximum absolute atomic E-state index is 9.00. The molecular weight excluding hydrogens is 314 g/mol. The van der Waals surface area contributed by atoms with Crippen LogP contribution in [0.1, 0.15) is 8.22 Å². The predicted octanol–water partition coefficient (Wildman–Crippen LogP) is 6.67. The van der Waals surface area contributed by atoms with Crippen molar-refractivity contribution in [3.63, 3.8) is 0 Å². The van der Waals surface area contributed by atoms with Gasteiger partial charge in [0.25, 0.3) is 0 Å². The first kappa shape index (κ1) is 9.98. The van der Waals surface area contributed by atoms with Gasteiger partial charge in [-0.3, -0.25) is 0 Å². The molecule has 124 valence electrons. The van der Waals surface area contributed by atoms with Crippen molar-refractivity contribution < 1.29 is 8.22 Å². The number of hydrogen-bond acceptors (Lipinski definition) is 0. The van der Waals surface area contributed by atoms with E-state index in [4.69, 9.17) is 8.22 Å². The highest BCUT2D eigenvalue weighted by atomic mass is 14.9. The summed E-state index contributed by atoms with van der Waals surface area (Å²) < 4.78 is 54.2. The van der Waals surface area contributed by atoms with Crippen LogP contribution in [0.2, 0.25) is 0 Å². The van der Waals surface area contributed by atoms with Crippen LogP contribution in [0.25, 0.3) is 44.1 Å². The van der Waals surface area contributed by atoms with E-state index in [0.29, 0.717) is 44.1 Å². The van der Waals surface area contributed by atoms with Gasteiger partial charge in [-0.15, -0.1) is 0 Å². The van der Waals surface area contributed by atoms with Crippen molar-refractivity contribution in [2.45, 2.75) is 0 Å². The first-order valence-corrected chi connectivity index (χ1v) is 8.47. The largest absolute Gasteiger partial charge is 0.344 e. The monoisotopic (exact) mass is 339 g/mol. The molecular formula is C25H19N. The van der Waals surface area contributed by atoms with Gasteiger partial charge in [0.1, 0.15) is 0 Å². The lowest BCUT2D eigenvalue weighted by atomic mass is 10.0. The van der Waals surface area contributed by atoms with Crippen molar-refractivity contribution in [3.8, 4) is 22.3 Å². The SMILES string of the molecule is [2H]c1c(-c2ccccc2)c([2H])c2c3c([2H])c(-c4ccccc4)c([2H])c([2H])c3n(C)c2c1[2H]. The van der Waals surface area contributed by atoms with E-state index < -0.39 is 0 Å². The van der Waals surface area contributed by atoms with Crippen LogP contribution in [0.15, 0.2) is 96.9 Å². The summed E-state index contributed by atoms with van der Waals surface area (Å²) in [6.45, 7) is 0. The lowest BCUT2D eigenvalue weighted by Gasteiger charge is -2.03. The second kappa shape index (κ2) is 5.89. The third-order valence-electron chi connectivity index (χ3n) is 4.63. The second-order valence-corrected chi connectivity index (χ2v) is 6.24. The maximum atomic E-state index is 9.00. The van der Waals surface area contributed by atoms with E-state index in [-0.39, 0.29) is 36.3 Å². The van der Waals surface area contributed by atoms with Gasteiger partial charge < -0.3 is 4.57 Å². The smallest absolute Gasteiger partial charge is 0.0645 e. The Morgan fingerprint density at radius 2 is 1.00 bits per heavy atom. The zero-order valence-electron chi connectivity index (χ0n) is 20.2. The summed E-state index contributed by atoms with van der Waals surface area (Å²) in [5.74, 6) is 0. The van der Waals surface area contributed by atoms with Crippen LogP contribution in [0.3, 0.4) is 0 Å². The highest BCUT2D eigenvalue weighted by Crippen LogP contribution is 2.34. The summed E-state index contributed by atoms with van der Waals surface area (Å²) in [4.78, 5) is 0. The molecule has 1 heteroatoms. The minimum atomic E-state index is -0.0629. The van der Waals surface area contributed by atoms with Crippen molar-refractivity contribution in [2.75, 3.05) is 0 Å². The van der Waals surface area contributed by atoms with Gasteiger partial charge in [0.05, 0.1) is 8.22 Å². The Bertz CT molecular complexity index is 1410. The fourth-order valence-electron chi connectivity index (χ4n) is 3.27. The number of aromatic nitrogens is 1. The minimum Gasteiger partial charge on any atom is -0.344 e. The van der Waals surface area contributed by atoms with Crippen molar-refractivity contribution in [1.29, 1.82) is 0 Å². The molecule has 1 aromatic heterocycles. The molecule has 0 bridgehead atoms. The molecule has 4 aromatic carbocycles. The molecule has 0 radical (unpaired) electrons. The predicted molar refractivity (Wildman–Crippen MR) is 111 cm³/mol. The Kier molecular flexibility index (Phi) is 2.26. The Balaban J connectivity index is 2.04. The van der Waals surface area contributed by atoms with E-state index in [1.165, 1.54) is 0 Å². The molecule has 0 aliphatic carbocycles. The molecule has 5 aromatic rings. The quantitative estimate of drug-likeness (QED) is 0.339. The molecule has 26 heavy (non-hydrogen) atoms. The summed E-state index contributed by atoms with van der Waals surface area (Å²) in [6.07, 6.45) is 0. The summed E-state index contributed by atoms with van der Waals surface area (Å²) in [6, 6.07) is 18.1. The molecule has 0 saturated carbocycles. The Morgan fingerprint density at radius 1 is 0.577 bits per heavy atom. The van der Waals surface area contributed by atoms with Gasteiger partial charge in [0.15, 0.2) is 0 Å². The zero-order chi connectivity index (χ0) is 22.7. The minimum absolute atomic E-state index is 0.0554. The van der Waals surface area contributed by atoms with Crippen molar-refractivity contribution in [2.24, 2.45) is 7.05 Å². The highest BCUT2D eigenvalue weighted by molar-refractivity contribution is 6.10. The lowest BCUT2D eigenvalue weighted by molar-refractivity contribution is 1.01. The number of nitrogens with zero attached hydrogens (tertiary/aromatic N) is 1. The molecule has 0 aliphatic heterocycles. The summed E-state index contributed by atoms with van der Waals surface area (Å²) >= 11 is 0. The normalized spacial score (nSPS) is 14.5. The van der Waals surface area contributed by atoms with E-state index in [2.05, 4.69) is 0 Å². The number of fused-ring (bicyclic) bond motifs is 3. The van der Waals surface area contributed by atoms with Crippen LogP contribution in [0, 0.1) is 0 Å². The Hall–Kier alpha value is -3.32. The van der Waals surface area contributed by atoms with Gasteiger partial charge in [-0.2, -0.15) is 0 Å². The first-order chi connectivity index (χ1) is 15.3. The van der Waals surface area contributed by atoms with Gasteiger partial charge in [0, 0.05) is 28.9 Å². The summed E-state index contributed by atoms with van der Waals surface area (Å²) in [7, 11) is 1.67. The van der Waals surface area contributed by atoms with E-state index in [1.54, 1.807) is 35.9 Å². The second-order valence-electron chi connectivity index (χ2n) is 6.24. The molecule has 1 heterocycles. The molecule has 0 unspecified atom stereocenters. The standard InChI is InChI=1S/C25H19N/c1-26-24-14-12-20(18-8-4-2-5-9-18)16-22(24)23-17-21(13-15-25(23)26)19-10-6-3-7-11-19/h2-17H,1H3/i12D,13D,14D,15D,16D,17D. The van der Waals surface area contributed by atoms with Crippen LogP contribution in [-0.4, -0.2) is 4.57 Å². The average Bonchev–Trinajstić information content (AvgIpc) is 3.11. The van der Waals surface area contributed by atoms with Gasteiger partial charge in [0.2, 0.25) is 0 Å². The number of benzene rings is 4. The molecule has 0 atom stereocenters. The topological polar surface area (TPSA) is 4.93 Å². The molecule has 1 nitrogen and oxygen atoms in total. The zero-order valence-corrected chi connectivity index (χ0v) is 14.2. The number of hydrogen-bond donors (Lipinski definition) is 0. The third kappa shape index (κ3) is 2.33. The van der Waals surface area contributed by atoms with Gasteiger partial charge in [-0.1, -0.05) is 72.7 Å². The summed E-state index contributed by atoms with van der Waals surface area (Å²) in [5.41, 5.74) is 2.65. The van der Waals surface area contributed by atoms with Crippen LogP contribution < -0.4 is 0 Å². The molecule has 5 rings (SSSR count). The van der Waals surface area contributed by atoms with Gasteiger partial charge >= 0.3 is 0 Å². The molecule has 0 N–H and O–H groups in total. The molecule has 0 aliphatic rings. The Labute approximate surface area is 161 Å². The highest BCUT2D eigenvalue weighted by Gasteiger charge is 2.10. The van der Waals surface area contributed by atoms with Crippen LogP contribution >= 0.6 is 0 Å². The fraction of sp³-hybridized carbons (Fsp3) is 0.0400. The van der Waals surface area contributed by atoms with E-state index in [9.17, 15) is 0 Å². The molecule has 0 saturated heterocycles. The third-order valence-corrected chi connectivity index (χ3v) is 4.63. The molecule has 0 spiro atoms. The van der Waals surface area contributed by atoms with E-state index in [0.717, 1.165) is 0 Å². The van der Waals surface area contributed by atoms with Crippen molar-refractivity contribution in [3.05, 3.63) is 96.9 Å². The number of aryl methyl sites for hydroxylation is 1. The van der Waals surface area contributed by atoms with Gasteiger partial charge in [-0.25, -0.2) is 0 Å². The van der Waals surface area contributed by atoms with Crippen molar-refractivity contribution >= 4 is 21.8 Å². The van der Waals surface area contributed by atoms with E-state index >= 15 is 0 Å². The molecule has 0 fully saturated rings. The maximum Gasteiger partial charge on any atom is 0.0645 e. The van der Waals surface area contributed by atoms with Crippen LogP contribution in [0.5, 0.6) is 0 Å². The molecule has 0 amide bonds. The van der Waals surface area contributed by atoms with E-state index in [1.807, 2.05) is 36.4 Å². The summed E-state index contributed by atoms with van der Waals surface area (Å²) in [5, 5.41) is 0.746. The first-order valence-electron chi connectivity index (χ1n) is 11.5. The van der Waals surface area contributed by atoms with Crippen LogP contribution in [0.4, 0.5) is 0 Å². The van der Waals surface area contributed by atoms with Gasteiger partial charge in [-0.05, 0) is 46.4 Å². The Morgan fingerprint density at radius 3 is 1.42 bits per heavy atom. The lowest BCUT2D eigenvalue weighted by Crippen LogP contribution is -1.86. The fourth-order valence-corrected chi connectivity index (χ4v) is 3.27. The van der Waals surface area contributed by atoms with Crippen LogP contribution in [-0.2, 0) is 7.05 Å². The van der Waals surface area contributed by atoms with Crippen molar-refractivity contribution in [1.82, 2.24) is 4.57 Å².